The summed E-state index contributed by atoms with van der Waals surface area (Å²) >= 11 is 0. The third-order valence-corrected chi connectivity index (χ3v) is 4.51. The van der Waals surface area contributed by atoms with E-state index in [4.69, 9.17) is 0 Å². The molecule has 130 valence electrons. The van der Waals surface area contributed by atoms with Crippen LogP contribution in [0.25, 0.3) is 0 Å². The molecule has 0 aliphatic carbocycles. The zero-order valence-corrected chi connectivity index (χ0v) is 14.6. The van der Waals surface area contributed by atoms with Crippen LogP contribution in [0.5, 0.6) is 0 Å². The van der Waals surface area contributed by atoms with E-state index < -0.39 is 20.4 Å². The van der Waals surface area contributed by atoms with E-state index in [-0.39, 0.29) is 17.1 Å². The van der Waals surface area contributed by atoms with E-state index >= 15 is 0 Å². The van der Waals surface area contributed by atoms with Crippen molar-refractivity contribution in [3.05, 3.63) is 46.5 Å². The molecule has 9 heteroatoms. The molecule has 1 N–H and O–H groups in total. The summed E-state index contributed by atoms with van der Waals surface area (Å²) in [4.78, 5) is 14.6. The molecule has 0 atom stereocenters. The molecular weight excluding hydrogens is 332 g/mol. The van der Waals surface area contributed by atoms with Gasteiger partial charge >= 0.3 is 5.69 Å². The van der Waals surface area contributed by atoms with Crippen molar-refractivity contribution in [1.82, 2.24) is 9.55 Å². The highest BCUT2D eigenvalue weighted by atomic mass is 32.2. The van der Waals surface area contributed by atoms with Crippen molar-refractivity contribution in [3.63, 3.8) is 0 Å². The quantitative estimate of drug-likeness (QED) is 0.606. The fourth-order valence-corrected chi connectivity index (χ4v) is 3.26. The number of anilines is 1. The first-order valence-electron chi connectivity index (χ1n) is 7.41. The molecule has 0 aliphatic heterocycles. The number of nitro benzene ring substituents is 1. The van der Waals surface area contributed by atoms with Gasteiger partial charge in [-0.2, -0.15) is 0 Å². The van der Waals surface area contributed by atoms with Gasteiger partial charge in [0, 0.05) is 25.2 Å². The number of sulfone groups is 1. The second-order valence-corrected chi connectivity index (χ2v) is 7.91. The molecule has 2 rings (SSSR count). The van der Waals surface area contributed by atoms with Crippen LogP contribution in [0.2, 0.25) is 0 Å². The molecule has 0 bridgehead atoms. The van der Waals surface area contributed by atoms with Gasteiger partial charge in [0.25, 0.3) is 0 Å². The van der Waals surface area contributed by atoms with E-state index in [9.17, 15) is 18.5 Å². The zero-order valence-electron chi connectivity index (χ0n) is 13.8. The maximum Gasteiger partial charge on any atom is 0.310 e. The summed E-state index contributed by atoms with van der Waals surface area (Å²) in [6.07, 6.45) is 4.47. The fraction of sp³-hybridized carbons (Fsp3) is 0.400. The average Bonchev–Trinajstić information content (AvgIpc) is 2.90. The lowest BCUT2D eigenvalue weighted by atomic mass is 10.2. The van der Waals surface area contributed by atoms with Crippen molar-refractivity contribution < 1.29 is 13.3 Å². The number of imidazole rings is 1. The molecule has 1 aromatic heterocycles. The SMILES string of the molecule is CC(C)Cn1ccnc1CNc1cccc(S(C)(=O)=O)c1[N+](=O)[O-]. The summed E-state index contributed by atoms with van der Waals surface area (Å²) in [6, 6.07) is 4.20. The van der Waals surface area contributed by atoms with Crippen molar-refractivity contribution in [1.29, 1.82) is 0 Å². The lowest BCUT2D eigenvalue weighted by molar-refractivity contribution is -0.386. The summed E-state index contributed by atoms with van der Waals surface area (Å²) in [7, 11) is -3.70. The predicted molar refractivity (Wildman–Crippen MR) is 90.6 cm³/mol. The standard InChI is InChI=1S/C15H20N4O4S/c1-11(2)10-18-8-7-16-14(18)9-17-12-5-4-6-13(24(3,22)23)15(12)19(20)21/h4-8,11,17H,9-10H2,1-3H3. The molecule has 0 saturated carbocycles. The molecule has 0 unspecified atom stereocenters. The molecule has 1 heterocycles. The van der Waals surface area contributed by atoms with Gasteiger partial charge in [-0.05, 0) is 18.1 Å². The Kier molecular flexibility index (Phi) is 5.23. The Hall–Kier alpha value is -2.42. The summed E-state index contributed by atoms with van der Waals surface area (Å²) < 4.78 is 25.5. The van der Waals surface area contributed by atoms with Crippen LogP contribution in [0.15, 0.2) is 35.5 Å². The van der Waals surface area contributed by atoms with E-state index in [2.05, 4.69) is 24.1 Å². The maximum absolute atomic E-state index is 11.8. The number of nitro groups is 1. The second-order valence-electron chi connectivity index (χ2n) is 5.92. The number of hydrogen-bond donors (Lipinski definition) is 1. The van der Waals surface area contributed by atoms with Crippen LogP contribution in [0.3, 0.4) is 0 Å². The fourth-order valence-electron chi connectivity index (χ4n) is 2.39. The van der Waals surface area contributed by atoms with Crippen molar-refractivity contribution in [2.45, 2.75) is 31.8 Å². The van der Waals surface area contributed by atoms with Crippen LogP contribution in [-0.4, -0.2) is 29.1 Å². The Morgan fingerprint density at radius 2 is 2.08 bits per heavy atom. The van der Waals surface area contributed by atoms with Crippen molar-refractivity contribution >= 4 is 21.2 Å². The van der Waals surface area contributed by atoms with E-state index in [0.29, 0.717) is 5.92 Å². The maximum atomic E-state index is 11.8. The number of benzene rings is 1. The molecule has 24 heavy (non-hydrogen) atoms. The first-order valence-corrected chi connectivity index (χ1v) is 9.30. The van der Waals surface area contributed by atoms with Crippen LogP contribution in [0.4, 0.5) is 11.4 Å². The van der Waals surface area contributed by atoms with Gasteiger partial charge in [-0.25, -0.2) is 13.4 Å². The van der Waals surface area contributed by atoms with Crippen LogP contribution in [-0.2, 0) is 22.9 Å². The average molecular weight is 352 g/mol. The molecule has 2 aromatic rings. The summed E-state index contributed by atoms with van der Waals surface area (Å²) in [6.45, 7) is 5.20. The Labute approximate surface area is 140 Å². The molecule has 0 aliphatic rings. The van der Waals surface area contributed by atoms with Crippen LogP contribution in [0.1, 0.15) is 19.7 Å². The van der Waals surface area contributed by atoms with E-state index in [1.165, 1.54) is 18.2 Å². The molecule has 1 aromatic carbocycles. The minimum Gasteiger partial charge on any atom is -0.372 e. The predicted octanol–water partition coefficient (Wildman–Crippen LogP) is 2.46. The minimum absolute atomic E-state index is 0.155. The third kappa shape index (κ3) is 4.10. The van der Waals surface area contributed by atoms with Crippen molar-refractivity contribution in [3.8, 4) is 0 Å². The molecule has 0 saturated heterocycles. The van der Waals surface area contributed by atoms with Crippen molar-refractivity contribution in [2.75, 3.05) is 11.6 Å². The highest BCUT2D eigenvalue weighted by molar-refractivity contribution is 7.90. The Morgan fingerprint density at radius 3 is 2.67 bits per heavy atom. The molecule has 8 nitrogen and oxygen atoms in total. The normalized spacial score (nSPS) is 11.7. The van der Waals surface area contributed by atoms with Gasteiger partial charge < -0.3 is 9.88 Å². The minimum atomic E-state index is -3.70. The molecule has 0 amide bonds. The topological polar surface area (TPSA) is 107 Å². The Balaban J connectivity index is 2.31. The Bertz CT molecular complexity index is 843. The van der Waals surface area contributed by atoms with Gasteiger partial charge in [0.1, 0.15) is 16.4 Å². The van der Waals surface area contributed by atoms with Gasteiger partial charge in [-0.15, -0.1) is 0 Å². The third-order valence-electron chi connectivity index (χ3n) is 3.38. The number of nitrogens with one attached hydrogen (secondary N) is 1. The Morgan fingerprint density at radius 1 is 1.38 bits per heavy atom. The molecule has 0 fully saturated rings. The lowest BCUT2D eigenvalue weighted by Crippen LogP contribution is -2.13. The van der Waals surface area contributed by atoms with Crippen LogP contribution < -0.4 is 5.32 Å². The largest absolute Gasteiger partial charge is 0.372 e. The number of rotatable bonds is 7. The second kappa shape index (κ2) is 7.00. The first-order chi connectivity index (χ1) is 11.2. The number of hydrogen-bond acceptors (Lipinski definition) is 6. The molecule has 0 radical (unpaired) electrons. The van der Waals surface area contributed by atoms with Gasteiger partial charge in [0.05, 0.1) is 11.5 Å². The van der Waals surface area contributed by atoms with Gasteiger partial charge in [-0.3, -0.25) is 10.1 Å². The lowest BCUT2D eigenvalue weighted by Gasteiger charge is -2.12. The van der Waals surface area contributed by atoms with Crippen molar-refractivity contribution in [2.24, 2.45) is 5.92 Å². The zero-order chi connectivity index (χ0) is 17.9. The van der Waals surface area contributed by atoms with Crippen LogP contribution >= 0.6 is 0 Å². The number of nitrogens with zero attached hydrogens (tertiary/aromatic N) is 3. The van der Waals surface area contributed by atoms with E-state index in [0.717, 1.165) is 18.6 Å². The highest BCUT2D eigenvalue weighted by Crippen LogP contribution is 2.32. The summed E-state index contributed by atoms with van der Waals surface area (Å²) in [5, 5.41) is 14.3. The smallest absolute Gasteiger partial charge is 0.310 e. The van der Waals surface area contributed by atoms with Gasteiger partial charge in [-0.1, -0.05) is 19.9 Å². The monoisotopic (exact) mass is 352 g/mol. The number of para-hydroxylation sites is 1. The summed E-state index contributed by atoms with van der Waals surface area (Å²) in [5.41, 5.74) is -0.288. The van der Waals surface area contributed by atoms with Gasteiger partial charge in [0.15, 0.2) is 9.84 Å². The first kappa shape index (κ1) is 17.9. The van der Waals surface area contributed by atoms with Gasteiger partial charge in [0.2, 0.25) is 0 Å². The summed E-state index contributed by atoms with van der Waals surface area (Å²) in [5.74, 6) is 1.16. The van der Waals surface area contributed by atoms with Crippen LogP contribution in [0, 0.1) is 16.0 Å². The van der Waals surface area contributed by atoms with E-state index in [1.54, 1.807) is 6.20 Å². The number of aromatic nitrogens is 2. The highest BCUT2D eigenvalue weighted by Gasteiger charge is 2.26. The molecule has 0 spiro atoms. The molecular formula is C15H20N4O4S. The van der Waals surface area contributed by atoms with E-state index in [1.807, 2.05) is 10.8 Å².